The Morgan fingerprint density at radius 2 is 1.83 bits per heavy atom. The van der Waals surface area contributed by atoms with E-state index in [1.54, 1.807) is 23.2 Å². The number of carbonyl (C=O) groups excluding carboxylic acids is 1. The Morgan fingerprint density at radius 1 is 1.07 bits per heavy atom. The zero-order valence-electron chi connectivity index (χ0n) is 15.5. The molecule has 1 aliphatic heterocycles. The lowest BCUT2D eigenvalue weighted by Crippen LogP contribution is -2.36. The van der Waals surface area contributed by atoms with Gasteiger partial charge in [0.15, 0.2) is 6.17 Å². The Kier molecular flexibility index (Phi) is 5.11. The molecule has 3 aromatic carbocycles. The van der Waals surface area contributed by atoms with Crippen molar-refractivity contribution in [2.75, 3.05) is 5.01 Å². The fraction of sp³-hybridized carbons (Fsp3) is 0.0909. The van der Waals surface area contributed by atoms with Crippen LogP contribution in [0.15, 0.2) is 84.0 Å². The van der Waals surface area contributed by atoms with E-state index in [1.807, 2.05) is 54.6 Å². The number of nitrogens with one attached hydrogen (secondary N) is 1. The van der Waals surface area contributed by atoms with Crippen molar-refractivity contribution in [3.05, 3.63) is 95.8 Å². The monoisotopic (exact) mass is 390 g/mol. The Hall–Kier alpha value is -3.87. The third-order valence-corrected chi connectivity index (χ3v) is 4.48. The SMILES string of the molecule is NC(=O)C1=NN(c2cccc(COc3ccccc3)c2)C(c2ccccc2F)N1. The van der Waals surface area contributed by atoms with Gasteiger partial charge in [-0.2, -0.15) is 0 Å². The van der Waals surface area contributed by atoms with Crippen LogP contribution in [0.2, 0.25) is 0 Å². The molecule has 6 nitrogen and oxygen atoms in total. The highest BCUT2D eigenvalue weighted by atomic mass is 19.1. The molecule has 0 saturated carbocycles. The largest absolute Gasteiger partial charge is 0.489 e. The summed E-state index contributed by atoms with van der Waals surface area (Å²) >= 11 is 0. The van der Waals surface area contributed by atoms with E-state index in [0.717, 1.165) is 11.3 Å². The van der Waals surface area contributed by atoms with Crippen LogP contribution in [0.5, 0.6) is 5.75 Å². The molecule has 4 rings (SSSR count). The molecule has 0 spiro atoms. The predicted octanol–water partition coefficient (Wildman–Crippen LogP) is 3.31. The van der Waals surface area contributed by atoms with E-state index in [-0.39, 0.29) is 5.84 Å². The van der Waals surface area contributed by atoms with Gasteiger partial charge in [0, 0.05) is 5.56 Å². The number of hydrazone groups is 1. The summed E-state index contributed by atoms with van der Waals surface area (Å²) in [6.45, 7) is 0.357. The minimum Gasteiger partial charge on any atom is -0.489 e. The van der Waals surface area contributed by atoms with Gasteiger partial charge in [-0.15, -0.1) is 5.10 Å². The number of primary amides is 1. The molecular weight excluding hydrogens is 371 g/mol. The molecule has 3 aromatic rings. The van der Waals surface area contributed by atoms with Gasteiger partial charge in [-0.1, -0.05) is 48.5 Å². The number of nitrogens with zero attached hydrogens (tertiary/aromatic N) is 2. The number of halogens is 1. The Balaban J connectivity index is 1.62. The van der Waals surface area contributed by atoms with Gasteiger partial charge in [-0.25, -0.2) is 9.40 Å². The van der Waals surface area contributed by atoms with E-state index < -0.39 is 17.9 Å². The van der Waals surface area contributed by atoms with Gasteiger partial charge in [0.05, 0.1) is 5.69 Å². The third kappa shape index (κ3) is 4.03. The first-order chi connectivity index (χ1) is 14.1. The second-order valence-electron chi connectivity index (χ2n) is 6.50. The highest BCUT2D eigenvalue weighted by Gasteiger charge is 2.32. The average molecular weight is 390 g/mol. The van der Waals surface area contributed by atoms with Crippen molar-refractivity contribution in [2.24, 2.45) is 10.8 Å². The number of ether oxygens (including phenoxy) is 1. The molecule has 0 radical (unpaired) electrons. The Bertz CT molecular complexity index is 1060. The summed E-state index contributed by atoms with van der Waals surface area (Å²) in [6, 6.07) is 23.3. The fourth-order valence-corrected chi connectivity index (χ4v) is 3.09. The van der Waals surface area contributed by atoms with Gasteiger partial charge in [0.2, 0.25) is 5.84 Å². The minimum atomic E-state index is -0.711. The summed E-state index contributed by atoms with van der Waals surface area (Å²) in [4.78, 5) is 11.7. The first kappa shape index (κ1) is 18.5. The van der Waals surface area contributed by atoms with Crippen LogP contribution in [-0.4, -0.2) is 11.7 Å². The van der Waals surface area contributed by atoms with E-state index in [2.05, 4.69) is 10.4 Å². The molecule has 1 heterocycles. The fourth-order valence-electron chi connectivity index (χ4n) is 3.09. The number of para-hydroxylation sites is 1. The maximum absolute atomic E-state index is 14.4. The Morgan fingerprint density at radius 3 is 2.59 bits per heavy atom. The van der Waals surface area contributed by atoms with Crippen molar-refractivity contribution in [1.29, 1.82) is 0 Å². The number of hydrogen-bond donors (Lipinski definition) is 2. The molecule has 0 aliphatic carbocycles. The molecule has 1 atom stereocenters. The number of benzene rings is 3. The van der Waals surface area contributed by atoms with Crippen LogP contribution in [0.25, 0.3) is 0 Å². The molecule has 7 heteroatoms. The predicted molar refractivity (Wildman–Crippen MR) is 109 cm³/mol. The number of hydrogen-bond acceptors (Lipinski definition) is 5. The molecule has 146 valence electrons. The van der Waals surface area contributed by atoms with Crippen LogP contribution in [0.4, 0.5) is 10.1 Å². The maximum Gasteiger partial charge on any atom is 0.286 e. The van der Waals surface area contributed by atoms with Crippen LogP contribution in [0, 0.1) is 5.82 Å². The highest BCUT2D eigenvalue weighted by molar-refractivity contribution is 6.38. The van der Waals surface area contributed by atoms with E-state index in [4.69, 9.17) is 10.5 Å². The van der Waals surface area contributed by atoms with Crippen molar-refractivity contribution in [2.45, 2.75) is 12.8 Å². The lowest BCUT2D eigenvalue weighted by molar-refractivity contribution is -0.112. The van der Waals surface area contributed by atoms with Crippen molar-refractivity contribution < 1.29 is 13.9 Å². The van der Waals surface area contributed by atoms with E-state index in [9.17, 15) is 9.18 Å². The molecule has 1 aliphatic rings. The standard InChI is InChI=1S/C22H19FN4O2/c23-19-12-5-4-11-18(19)22-25-21(20(24)28)26-27(22)16-8-6-7-15(13-16)14-29-17-9-2-1-3-10-17/h1-13,22H,14H2,(H2,24,28)(H,25,26). The number of anilines is 1. The molecule has 0 bridgehead atoms. The minimum absolute atomic E-state index is 0.0239. The molecular formula is C22H19FN4O2. The summed E-state index contributed by atoms with van der Waals surface area (Å²) in [7, 11) is 0. The van der Waals surface area contributed by atoms with Crippen molar-refractivity contribution >= 4 is 17.4 Å². The normalized spacial score (nSPS) is 15.6. The van der Waals surface area contributed by atoms with Gasteiger partial charge in [-0.3, -0.25) is 4.79 Å². The molecule has 0 aromatic heterocycles. The van der Waals surface area contributed by atoms with Gasteiger partial charge in [-0.05, 0) is 35.9 Å². The summed E-state index contributed by atoms with van der Waals surface area (Å²) in [5.41, 5.74) is 7.33. The smallest absolute Gasteiger partial charge is 0.286 e. The van der Waals surface area contributed by atoms with Gasteiger partial charge >= 0.3 is 0 Å². The van der Waals surface area contributed by atoms with E-state index >= 15 is 0 Å². The van der Waals surface area contributed by atoms with Crippen LogP contribution >= 0.6 is 0 Å². The maximum atomic E-state index is 14.4. The van der Waals surface area contributed by atoms with Crippen molar-refractivity contribution in [1.82, 2.24) is 5.32 Å². The van der Waals surface area contributed by atoms with Crippen LogP contribution < -0.4 is 20.8 Å². The molecule has 1 unspecified atom stereocenters. The van der Waals surface area contributed by atoms with Gasteiger partial charge < -0.3 is 15.8 Å². The summed E-state index contributed by atoms with van der Waals surface area (Å²) in [6.07, 6.45) is -0.691. The summed E-state index contributed by atoms with van der Waals surface area (Å²) < 4.78 is 20.2. The zero-order chi connectivity index (χ0) is 20.2. The molecule has 1 amide bonds. The first-order valence-corrected chi connectivity index (χ1v) is 9.07. The quantitative estimate of drug-likeness (QED) is 0.677. The lowest BCUT2D eigenvalue weighted by Gasteiger charge is -2.24. The molecule has 29 heavy (non-hydrogen) atoms. The van der Waals surface area contributed by atoms with Crippen LogP contribution in [0.1, 0.15) is 17.3 Å². The van der Waals surface area contributed by atoms with Gasteiger partial charge in [0.1, 0.15) is 18.2 Å². The highest BCUT2D eigenvalue weighted by Crippen LogP contribution is 2.31. The number of amidine groups is 1. The number of carbonyl (C=O) groups is 1. The van der Waals surface area contributed by atoms with Crippen LogP contribution in [0.3, 0.4) is 0 Å². The number of nitrogens with two attached hydrogens (primary N) is 1. The number of amides is 1. The van der Waals surface area contributed by atoms with E-state index in [0.29, 0.717) is 17.9 Å². The topological polar surface area (TPSA) is 80.0 Å². The van der Waals surface area contributed by atoms with E-state index in [1.165, 1.54) is 6.07 Å². The second-order valence-corrected chi connectivity index (χ2v) is 6.50. The first-order valence-electron chi connectivity index (χ1n) is 9.07. The number of rotatable bonds is 6. The van der Waals surface area contributed by atoms with Crippen molar-refractivity contribution in [3.63, 3.8) is 0 Å². The molecule has 3 N–H and O–H groups in total. The summed E-state index contributed by atoms with van der Waals surface area (Å²) in [5.74, 6) is -0.375. The summed E-state index contributed by atoms with van der Waals surface area (Å²) in [5, 5.41) is 8.72. The lowest BCUT2D eigenvalue weighted by atomic mass is 10.1. The third-order valence-electron chi connectivity index (χ3n) is 4.48. The Labute approximate surface area is 167 Å². The van der Waals surface area contributed by atoms with Crippen molar-refractivity contribution in [3.8, 4) is 5.75 Å². The van der Waals surface area contributed by atoms with Gasteiger partial charge in [0.25, 0.3) is 5.91 Å². The zero-order valence-corrected chi connectivity index (χ0v) is 15.5. The van der Waals surface area contributed by atoms with Crippen LogP contribution in [-0.2, 0) is 11.4 Å². The second kappa shape index (κ2) is 8.02. The average Bonchev–Trinajstić information content (AvgIpc) is 3.19. The molecule has 0 fully saturated rings. The molecule has 0 saturated heterocycles.